The molecule has 2 heterocycles. The minimum atomic E-state index is -0.593. The van der Waals surface area contributed by atoms with Crippen LogP contribution in [0.4, 0.5) is 17.8 Å². The van der Waals surface area contributed by atoms with Gasteiger partial charge in [-0.2, -0.15) is 15.0 Å². The van der Waals surface area contributed by atoms with Crippen molar-refractivity contribution in [3.63, 3.8) is 0 Å². The van der Waals surface area contributed by atoms with Gasteiger partial charge < -0.3 is 25.4 Å². The zero-order valence-corrected chi connectivity index (χ0v) is 12.7. The van der Waals surface area contributed by atoms with Gasteiger partial charge in [0.15, 0.2) is 0 Å². The molecule has 0 bridgehead atoms. The molecule has 8 nitrogen and oxygen atoms in total. The van der Waals surface area contributed by atoms with Crippen molar-refractivity contribution < 1.29 is 9.84 Å². The molecular formula is C13H24N6O2. The average Bonchev–Trinajstić information content (AvgIpc) is 3.00. The SMILES string of the molecule is CCNc1nc(NCC(O)COC)nc(N2CCCC2)n1. The molecule has 0 aliphatic carbocycles. The summed E-state index contributed by atoms with van der Waals surface area (Å²) in [6, 6.07) is 0. The number of methoxy groups -OCH3 is 1. The highest BCUT2D eigenvalue weighted by atomic mass is 16.5. The Kier molecular flexibility index (Phi) is 5.94. The fourth-order valence-corrected chi connectivity index (χ4v) is 2.20. The highest BCUT2D eigenvalue weighted by molar-refractivity contribution is 5.44. The van der Waals surface area contributed by atoms with Gasteiger partial charge in [0.2, 0.25) is 17.8 Å². The van der Waals surface area contributed by atoms with Crippen LogP contribution in [0.3, 0.4) is 0 Å². The molecule has 1 aromatic rings. The lowest BCUT2D eigenvalue weighted by atomic mass is 10.4. The van der Waals surface area contributed by atoms with Gasteiger partial charge in [-0.1, -0.05) is 0 Å². The number of nitrogens with one attached hydrogen (secondary N) is 2. The number of aliphatic hydroxyl groups excluding tert-OH is 1. The molecule has 0 spiro atoms. The summed E-state index contributed by atoms with van der Waals surface area (Å²) in [5.41, 5.74) is 0. The summed E-state index contributed by atoms with van der Waals surface area (Å²) in [7, 11) is 1.56. The Labute approximate surface area is 125 Å². The highest BCUT2D eigenvalue weighted by Gasteiger charge is 2.17. The second-order valence-electron chi connectivity index (χ2n) is 5.00. The van der Waals surface area contributed by atoms with E-state index in [0.717, 1.165) is 32.5 Å². The van der Waals surface area contributed by atoms with E-state index >= 15 is 0 Å². The zero-order chi connectivity index (χ0) is 15.1. The topological polar surface area (TPSA) is 95.4 Å². The smallest absolute Gasteiger partial charge is 0.231 e. The molecule has 0 aromatic carbocycles. The third kappa shape index (κ3) is 4.68. The number of aliphatic hydroxyl groups is 1. The Balaban J connectivity index is 2.07. The minimum absolute atomic E-state index is 0.275. The van der Waals surface area contributed by atoms with Crippen molar-refractivity contribution in [3.05, 3.63) is 0 Å². The Bertz CT molecular complexity index is 439. The molecule has 1 saturated heterocycles. The van der Waals surface area contributed by atoms with Gasteiger partial charge in [0.1, 0.15) is 0 Å². The van der Waals surface area contributed by atoms with Crippen LogP contribution in [-0.4, -0.2) is 66.1 Å². The second kappa shape index (κ2) is 7.94. The minimum Gasteiger partial charge on any atom is -0.389 e. The summed E-state index contributed by atoms with van der Waals surface area (Å²) in [6.07, 6.45) is 1.74. The average molecular weight is 296 g/mol. The lowest BCUT2D eigenvalue weighted by Crippen LogP contribution is -2.26. The number of rotatable bonds is 8. The summed E-state index contributed by atoms with van der Waals surface area (Å²) in [6.45, 7) is 5.30. The van der Waals surface area contributed by atoms with E-state index in [0.29, 0.717) is 24.4 Å². The van der Waals surface area contributed by atoms with Crippen LogP contribution < -0.4 is 15.5 Å². The van der Waals surface area contributed by atoms with Gasteiger partial charge >= 0.3 is 0 Å². The predicted octanol–water partition coefficient (Wildman–Crippen LogP) is 0.323. The van der Waals surface area contributed by atoms with Crippen LogP contribution in [0.15, 0.2) is 0 Å². The van der Waals surface area contributed by atoms with Crippen LogP contribution in [0.2, 0.25) is 0 Å². The van der Waals surface area contributed by atoms with Gasteiger partial charge in [-0.05, 0) is 19.8 Å². The fraction of sp³-hybridized carbons (Fsp3) is 0.769. The molecule has 1 aliphatic heterocycles. The Morgan fingerprint density at radius 2 is 1.86 bits per heavy atom. The van der Waals surface area contributed by atoms with Gasteiger partial charge in [0, 0.05) is 33.3 Å². The van der Waals surface area contributed by atoms with E-state index in [1.165, 1.54) is 0 Å². The van der Waals surface area contributed by atoms with E-state index in [9.17, 15) is 5.11 Å². The first-order chi connectivity index (χ1) is 10.2. The van der Waals surface area contributed by atoms with Crippen molar-refractivity contribution in [2.45, 2.75) is 25.9 Å². The first-order valence-corrected chi connectivity index (χ1v) is 7.38. The summed E-state index contributed by atoms with van der Waals surface area (Å²) >= 11 is 0. The first-order valence-electron chi connectivity index (χ1n) is 7.38. The normalized spacial score (nSPS) is 16.0. The first kappa shape index (κ1) is 15.7. The monoisotopic (exact) mass is 296 g/mol. The maximum Gasteiger partial charge on any atom is 0.231 e. The maximum atomic E-state index is 9.68. The molecule has 0 radical (unpaired) electrons. The number of hydrogen-bond acceptors (Lipinski definition) is 8. The molecule has 8 heteroatoms. The van der Waals surface area contributed by atoms with Crippen molar-refractivity contribution in [3.8, 4) is 0 Å². The molecule has 118 valence electrons. The van der Waals surface area contributed by atoms with E-state index in [1.807, 2.05) is 6.92 Å². The van der Waals surface area contributed by atoms with Gasteiger partial charge in [0.25, 0.3) is 0 Å². The Hall–Kier alpha value is -1.67. The summed E-state index contributed by atoms with van der Waals surface area (Å²) in [5, 5.41) is 15.8. The fourth-order valence-electron chi connectivity index (χ4n) is 2.20. The largest absolute Gasteiger partial charge is 0.389 e. The van der Waals surface area contributed by atoms with Crippen LogP contribution >= 0.6 is 0 Å². The van der Waals surface area contributed by atoms with Crippen LogP contribution in [0.25, 0.3) is 0 Å². The van der Waals surface area contributed by atoms with Crippen molar-refractivity contribution in [1.82, 2.24) is 15.0 Å². The van der Waals surface area contributed by atoms with Crippen molar-refractivity contribution in [2.24, 2.45) is 0 Å². The van der Waals surface area contributed by atoms with Crippen molar-refractivity contribution >= 4 is 17.8 Å². The number of hydrogen-bond donors (Lipinski definition) is 3. The number of aromatic nitrogens is 3. The molecule has 1 unspecified atom stereocenters. The standard InChI is InChI=1S/C13H24N6O2/c1-3-14-11-16-12(15-8-10(20)9-21-2)18-13(17-11)19-6-4-5-7-19/h10,20H,3-9H2,1-2H3,(H2,14,15,16,17,18). The molecule has 0 amide bonds. The number of ether oxygens (including phenoxy) is 1. The second-order valence-corrected chi connectivity index (χ2v) is 5.00. The summed E-state index contributed by atoms with van der Waals surface area (Å²) in [4.78, 5) is 15.3. The molecule has 1 aliphatic rings. The maximum absolute atomic E-state index is 9.68. The molecule has 1 fully saturated rings. The van der Waals surface area contributed by atoms with Crippen molar-refractivity contribution in [1.29, 1.82) is 0 Å². The van der Waals surface area contributed by atoms with E-state index in [-0.39, 0.29) is 6.61 Å². The molecule has 3 N–H and O–H groups in total. The molecule has 21 heavy (non-hydrogen) atoms. The molecule has 1 aromatic heterocycles. The predicted molar refractivity (Wildman–Crippen MR) is 81.8 cm³/mol. The van der Waals surface area contributed by atoms with E-state index in [2.05, 4.69) is 30.5 Å². The highest BCUT2D eigenvalue weighted by Crippen LogP contribution is 2.18. The van der Waals surface area contributed by atoms with Crippen molar-refractivity contribution in [2.75, 3.05) is 55.4 Å². The lowest BCUT2D eigenvalue weighted by Gasteiger charge is -2.17. The molecular weight excluding hydrogens is 272 g/mol. The molecule has 2 rings (SSSR count). The van der Waals surface area contributed by atoms with Crippen LogP contribution in [-0.2, 0) is 4.74 Å². The lowest BCUT2D eigenvalue weighted by molar-refractivity contribution is 0.0726. The number of nitrogens with zero attached hydrogens (tertiary/aromatic N) is 4. The Morgan fingerprint density at radius 3 is 2.48 bits per heavy atom. The van der Waals surface area contributed by atoms with E-state index in [1.54, 1.807) is 7.11 Å². The van der Waals surface area contributed by atoms with E-state index in [4.69, 9.17) is 4.74 Å². The third-order valence-electron chi connectivity index (χ3n) is 3.20. The molecule has 0 saturated carbocycles. The van der Waals surface area contributed by atoms with E-state index < -0.39 is 6.10 Å². The van der Waals surface area contributed by atoms with Crippen LogP contribution in [0.5, 0.6) is 0 Å². The van der Waals surface area contributed by atoms with Gasteiger partial charge in [-0.15, -0.1) is 0 Å². The van der Waals surface area contributed by atoms with Crippen LogP contribution in [0.1, 0.15) is 19.8 Å². The molecule has 1 atom stereocenters. The quantitative estimate of drug-likeness (QED) is 0.631. The Morgan fingerprint density at radius 1 is 1.19 bits per heavy atom. The zero-order valence-electron chi connectivity index (χ0n) is 12.7. The van der Waals surface area contributed by atoms with Crippen LogP contribution in [0, 0.1) is 0 Å². The summed E-state index contributed by atoms with van der Waals surface area (Å²) < 4.78 is 4.90. The van der Waals surface area contributed by atoms with Gasteiger partial charge in [-0.3, -0.25) is 0 Å². The number of anilines is 3. The summed E-state index contributed by atoms with van der Waals surface area (Å²) in [5.74, 6) is 1.71. The van der Waals surface area contributed by atoms with Gasteiger partial charge in [0.05, 0.1) is 12.7 Å². The van der Waals surface area contributed by atoms with Gasteiger partial charge in [-0.25, -0.2) is 0 Å². The third-order valence-corrected chi connectivity index (χ3v) is 3.20.